The quantitative estimate of drug-likeness (QED) is 0.526. The lowest BCUT2D eigenvalue weighted by Gasteiger charge is -2.31. The van der Waals surface area contributed by atoms with Gasteiger partial charge in [0, 0.05) is 32.0 Å². The van der Waals surface area contributed by atoms with Crippen LogP contribution in [0.3, 0.4) is 0 Å². The number of carbonyl (C=O) groups is 2. The van der Waals surface area contributed by atoms with E-state index in [1.165, 1.54) is 4.31 Å². The summed E-state index contributed by atoms with van der Waals surface area (Å²) in [7, 11) is -3.69. The van der Waals surface area contributed by atoms with Crippen LogP contribution in [0.1, 0.15) is 34.3 Å². The van der Waals surface area contributed by atoms with Crippen LogP contribution in [-0.2, 0) is 21.4 Å². The van der Waals surface area contributed by atoms with Gasteiger partial charge in [-0.05, 0) is 55.7 Å². The highest BCUT2D eigenvalue weighted by Gasteiger charge is 2.33. The fourth-order valence-corrected chi connectivity index (χ4v) is 5.56. The van der Waals surface area contributed by atoms with Crippen LogP contribution in [0.2, 0.25) is 0 Å². The fraction of sp³-hybridized carbons (Fsp3) is 0.269. The number of anilines is 1. The molecule has 0 saturated carbocycles. The summed E-state index contributed by atoms with van der Waals surface area (Å²) in [4.78, 5) is 30.2. The van der Waals surface area contributed by atoms with Gasteiger partial charge in [-0.2, -0.15) is 4.31 Å². The summed E-state index contributed by atoms with van der Waals surface area (Å²) in [5.74, 6) is -1.14. The lowest BCUT2D eigenvalue weighted by molar-refractivity contribution is -0.120. The van der Waals surface area contributed by atoms with Crippen LogP contribution in [0.25, 0.3) is 0 Å². The summed E-state index contributed by atoms with van der Waals surface area (Å²) < 4.78 is 27.6. The molecule has 1 aliphatic heterocycles. The van der Waals surface area contributed by atoms with Crippen molar-refractivity contribution in [2.75, 3.05) is 18.4 Å². The predicted octanol–water partition coefficient (Wildman–Crippen LogP) is 3.36. The van der Waals surface area contributed by atoms with Gasteiger partial charge in [0.15, 0.2) is 0 Å². The van der Waals surface area contributed by atoms with E-state index in [4.69, 9.17) is 0 Å². The zero-order valence-corrected chi connectivity index (χ0v) is 20.3. The molecule has 9 heteroatoms. The molecule has 182 valence electrons. The maximum Gasteiger partial charge on any atom is 0.253 e. The molecule has 1 fully saturated rings. The van der Waals surface area contributed by atoms with Crippen molar-refractivity contribution in [1.29, 1.82) is 0 Å². The number of piperidine rings is 1. The van der Waals surface area contributed by atoms with Gasteiger partial charge >= 0.3 is 0 Å². The van der Waals surface area contributed by atoms with Gasteiger partial charge in [0.2, 0.25) is 15.9 Å². The Hall–Kier alpha value is -3.56. The third kappa shape index (κ3) is 5.93. The molecule has 0 spiro atoms. The van der Waals surface area contributed by atoms with E-state index in [-0.39, 0.29) is 23.3 Å². The van der Waals surface area contributed by atoms with Crippen molar-refractivity contribution in [3.63, 3.8) is 0 Å². The molecule has 1 aliphatic rings. The number of sulfonamides is 1. The molecule has 1 atom stereocenters. The summed E-state index contributed by atoms with van der Waals surface area (Å²) in [6.45, 7) is 2.67. The second kappa shape index (κ2) is 10.8. The van der Waals surface area contributed by atoms with E-state index < -0.39 is 15.9 Å². The average molecular weight is 493 g/mol. The maximum atomic E-state index is 13.1. The Labute approximate surface area is 205 Å². The highest BCUT2D eigenvalue weighted by Crippen LogP contribution is 2.26. The van der Waals surface area contributed by atoms with Crippen molar-refractivity contribution in [2.24, 2.45) is 5.92 Å². The van der Waals surface area contributed by atoms with Crippen LogP contribution in [0.4, 0.5) is 5.69 Å². The molecule has 0 radical (unpaired) electrons. The summed E-state index contributed by atoms with van der Waals surface area (Å²) >= 11 is 0. The normalized spacial score (nSPS) is 16.4. The maximum absolute atomic E-state index is 13.1. The first-order valence-electron chi connectivity index (χ1n) is 11.5. The zero-order chi connectivity index (χ0) is 24.8. The number of aryl methyl sites for hydroxylation is 1. The molecule has 2 heterocycles. The molecular weight excluding hydrogens is 464 g/mol. The van der Waals surface area contributed by atoms with Gasteiger partial charge in [0.25, 0.3) is 5.91 Å². The van der Waals surface area contributed by atoms with Gasteiger partial charge in [0.05, 0.1) is 22.1 Å². The SMILES string of the molecule is Cc1ccc(S(=O)(=O)N2CCC[C@H](C(=O)Nc3ccccc3C(=O)NCc3cccnc3)C2)cc1. The molecule has 35 heavy (non-hydrogen) atoms. The lowest BCUT2D eigenvalue weighted by Crippen LogP contribution is -2.43. The van der Waals surface area contributed by atoms with Crippen molar-refractivity contribution >= 4 is 27.5 Å². The predicted molar refractivity (Wildman–Crippen MR) is 133 cm³/mol. The van der Waals surface area contributed by atoms with Crippen LogP contribution < -0.4 is 10.6 Å². The standard InChI is InChI=1S/C26H28N4O4S/c1-19-10-12-22(13-11-19)35(33,34)30-15-5-7-21(18-30)25(31)29-24-9-3-2-8-23(24)26(32)28-17-20-6-4-14-27-16-20/h2-4,6,8-14,16,21H,5,7,15,17-18H2,1H3,(H,28,32)(H,29,31)/t21-/m0/s1. The molecule has 1 saturated heterocycles. The Balaban J connectivity index is 1.43. The number of amides is 2. The van der Waals surface area contributed by atoms with Gasteiger partial charge in [-0.15, -0.1) is 0 Å². The van der Waals surface area contributed by atoms with Gasteiger partial charge < -0.3 is 10.6 Å². The van der Waals surface area contributed by atoms with Gasteiger partial charge in [-0.3, -0.25) is 14.6 Å². The number of nitrogens with zero attached hydrogens (tertiary/aromatic N) is 2. The van der Waals surface area contributed by atoms with Crippen molar-refractivity contribution in [1.82, 2.24) is 14.6 Å². The third-order valence-corrected chi connectivity index (χ3v) is 7.90. The number of para-hydroxylation sites is 1. The molecule has 8 nitrogen and oxygen atoms in total. The summed E-state index contributed by atoms with van der Waals surface area (Å²) in [6, 6.07) is 17.1. The van der Waals surface area contributed by atoms with Crippen LogP contribution >= 0.6 is 0 Å². The first kappa shape index (κ1) is 24.6. The zero-order valence-electron chi connectivity index (χ0n) is 19.5. The first-order chi connectivity index (χ1) is 16.8. The molecule has 2 aromatic carbocycles. The van der Waals surface area contributed by atoms with Crippen molar-refractivity contribution < 1.29 is 18.0 Å². The van der Waals surface area contributed by atoms with E-state index in [9.17, 15) is 18.0 Å². The Bertz CT molecular complexity index is 1290. The largest absolute Gasteiger partial charge is 0.348 e. The minimum atomic E-state index is -3.69. The molecule has 0 unspecified atom stereocenters. The molecular formula is C26H28N4O4S. The molecule has 2 amide bonds. The number of benzene rings is 2. The average Bonchev–Trinajstić information content (AvgIpc) is 2.88. The number of hydrogen-bond donors (Lipinski definition) is 2. The van der Waals surface area contributed by atoms with Crippen LogP contribution in [-0.4, -0.2) is 42.6 Å². The Kier molecular flexibility index (Phi) is 7.57. The lowest BCUT2D eigenvalue weighted by atomic mass is 9.98. The monoisotopic (exact) mass is 492 g/mol. The van der Waals surface area contributed by atoms with E-state index >= 15 is 0 Å². The number of carbonyl (C=O) groups excluding carboxylic acids is 2. The minimum Gasteiger partial charge on any atom is -0.348 e. The molecule has 3 aromatic rings. The van der Waals surface area contributed by atoms with Crippen molar-refractivity contribution in [3.8, 4) is 0 Å². The van der Waals surface area contributed by atoms with Gasteiger partial charge in [-0.25, -0.2) is 8.42 Å². The number of rotatable bonds is 7. The second-order valence-corrected chi connectivity index (χ2v) is 10.5. The van der Waals surface area contributed by atoms with E-state index in [2.05, 4.69) is 15.6 Å². The van der Waals surface area contributed by atoms with Crippen LogP contribution in [0.5, 0.6) is 0 Å². The number of hydrogen-bond acceptors (Lipinski definition) is 5. The van der Waals surface area contributed by atoms with Crippen LogP contribution in [0, 0.1) is 12.8 Å². The van der Waals surface area contributed by atoms with Crippen LogP contribution in [0.15, 0.2) is 78.0 Å². The smallest absolute Gasteiger partial charge is 0.253 e. The molecule has 1 aromatic heterocycles. The van der Waals surface area contributed by atoms with E-state index in [0.29, 0.717) is 37.2 Å². The highest BCUT2D eigenvalue weighted by atomic mass is 32.2. The Morgan fingerprint density at radius 2 is 1.83 bits per heavy atom. The molecule has 0 bridgehead atoms. The molecule has 4 rings (SSSR count). The highest BCUT2D eigenvalue weighted by molar-refractivity contribution is 7.89. The van der Waals surface area contributed by atoms with Crippen molar-refractivity contribution in [3.05, 3.63) is 89.7 Å². The molecule has 0 aliphatic carbocycles. The topological polar surface area (TPSA) is 108 Å². The third-order valence-electron chi connectivity index (χ3n) is 6.02. The Morgan fingerprint density at radius 1 is 1.06 bits per heavy atom. The van der Waals surface area contributed by atoms with Crippen molar-refractivity contribution in [2.45, 2.75) is 31.2 Å². The van der Waals surface area contributed by atoms with E-state index in [1.54, 1.807) is 67.0 Å². The summed E-state index contributed by atoms with van der Waals surface area (Å²) in [5.41, 5.74) is 2.56. The first-order valence-corrected chi connectivity index (χ1v) is 12.9. The van der Waals surface area contributed by atoms with E-state index in [0.717, 1.165) is 11.1 Å². The summed E-state index contributed by atoms with van der Waals surface area (Å²) in [5, 5.41) is 5.68. The van der Waals surface area contributed by atoms with E-state index in [1.807, 2.05) is 13.0 Å². The number of nitrogens with one attached hydrogen (secondary N) is 2. The number of aromatic nitrogens is 1. The summed E-state index contributed by atoms with van der Waals surface area (Å²) in [6.07, 6.45) is 4.49. The number of pyridine rings is 1. The minimum absolute atomic E-state index is 0.0947. The van der Waals surface area contributed by atoms with Gasteiger partial charge in [0.1, 0.15) is 0 Å². The second-order valence-electron chi connectivity index (χ2n) is 8.59. The Morgan fingerprint density at radius 3 is 2.57 bits per heavy atom. The fourth-order valence-electron chi connectivity index (χ4n) is 4.04. The van der Waals surface area contributed by atoms with Gasteiger partial charge in [-0.1, -0.05) is 35.9 Å². The molecule has 2 N–H and O–H groups in total.